The summed E-state index contributed by atoms with van der Waals surface area (Å²) in [6.07, 6.45) is 1.87. The van der Waals surface area contributed by atoms with Crippen LogP contribution >= 0.6 is 0 Å². The van der Waals surface area contributed by atoms with E-state index in [1.807, 2.05) is 55.4 Å². The van der Waals surface area contributed by atoms with Gasteiger partial charge in [-0.05, 0) is 81.1 Å². The summed E-state index contributed by atoms with van der Waals surface area (Å²) in [5.41, 5.74) is -1.29. The van der Waals surface area contributed by atoms with Crippen molar-refractivity contribution in [2.24, 2.45) is 0 Å². The van der Waals surface area contributed by atoms with Crippen LogP contribution in [0.25, 0.3) is 0 Å². The van der Waals surface area contributed by atoms with Crippen LogP contribution in [0.1, 0.15) is 88.0 Å². The predicted molar refractivity (Wildman–Crippen MR) is 104 cm³/mol. The van der Waals surface area contributed by atoms with Crippen molar-refractivity contribution in [3.05, 3.63) is 0 Å². The topological polar surface area (TPSA) is 93.5 Å². The predicted octanol–water partition coefficient (Wildman–Crippen LogP) is 2.87. The first kappa shape index (κ1) is 24.3. The third-order valence-corrected chi connectivity index (χ3v) is 5.41. The molecule has 0 bridgehead atoms. The lowest BCUT2D eigenvalue weighted by atomic mass is 9.80. The zero-order valence-corrected chi connectivity index (χ0v) is 18.5. The number of aliphatic hydroxyl groups excluding tert-OH is 2. The zero-order valence-electron chi connectivity index (χ0n) is 18.5. The Morgan fingerprint density at radius 3 is 1.37 bits per heavy atom. The van der Waals surface area contributed by atoms with E-state index in [4.69, 9.17) is 4.84 Å². The molecule has 0 saturated carbocycles. The summed E-state index contributed by atoms with van der Waals surface area (Å²) in [5.74, 6) is -0.312. The highest BCUT2D eigenvalue weighted by molar-refractivity contribution is 5.65. The van der Waals surface area contributed by atoms with Gasteiger partial charge in [-0.2, -0.15) is 5.06 Å². The maximum atomic E-state index is 11.0. The molecule has 7 nitrogen and oxygen atoms in total. The number of hydrogen-bond acceptors (Lipinski definition) is 7. The van der Waals surface area contributed by atoms with Gasteiger partial charge in [0, 0.05) is 18.0 Å². The first-order chi connectivity index (χ1) is 11.9. The lowest BCUT2D eigenvalue weighted by Gasteiger charge is -2.51. The van der Waals surface area contributed by atoms with Gasteiger partial charge in [0.15, 0.2) is 0 Å². The molecule has 0 atom stereocenters. The molecule has 7 heteroatoms. The van der Waals surface area contributed by atoms with Crippen LogP contribution in [-0.4, -0.2) is 65.9 Å². The minimum absolute atomic E-state index is 0.293. The second-order valence-corrected chi connectivity index (χ2v) is 10.6. The van der Waals surface area contributed by atoms with E-state index in [1.165, 1.54) is 12.0 Å². The summed E-state index contributed by atoms with van der Waals surface area (Å²) < 4.78 is 0. The Bertz CT molecular complexity index is 494. The first-order valence-electron chi connectivity index (χ1n) is 9.75. The van der Waals surface area contributed by atoms with Gasteiger partial charge in [-0.25, -0.2) is 0 Å². The van der Waals surface area contributed by atoms with E-state index in [9.17, 15) is 20.2 Å². The SMILES string of the molecule is CC(=O)ON1C(C)(C)CC(O)CC1(C)C.CC1(C)CC(O)CC(C)(C)N1O. The highest BCUT2D eigenvalue weighted by Gasteiger charge is 2.47. The highest BCUT2D eigenvalue weighted by Crippen LogP contribution is 2.38. The van der Waals surface area contributed by atoms with E-state index in [2.05, 4.69) is 0 Å². The van der Waals surface area contributed by atoms with Crippen LogP contribution < -0.4 is 0 Å². The van der Waals surface area contributed by atoms with Gasteiger partial charge in [0.05, 0.1) is 23.3 Å². The lowest BCUT2D eigenvalue weighted by molar-refractivity contribution is -0.274. The van der Waals surface area contributed by atoms with Crippen LogP contribution in [0, 0.1) is 0 Å². The molecule has 3 N–H and O–H groups in total. The largest absolute Gasteiger partial charge is 0.393 e. The number of aliphatic hydroxyl groups is 2. The summed E-state index contributed by atoms with van der Waals surface area (Å²) in [6, 6.07) is 0. The van der Waals surface area contributed by atoms with E-state index in [0.29, 0.717) is 25.7 Å². The van der Waals surface area contributed by atoms with Crippen LogP contribution in [0.4, 0.5) is 0 Å². The van der Waals surface area contributed by atoms with Crippen LogP contribution in [0.15, 0.2) is 0 Å². The Morgan fingerprint density at radius 2 is 1.07 bits per heavy atom. The molecule has 160 valence electrons. The van der Waals surface area contributed by atoms with E-state index < -0.39 is 0 Å². The molecule has 2 aliphatic rings. The molecule has 2 heterocycles. The van der Waals surface area contributed by atoms with Crippen LogP contribution in [0.3, 0.4) is 0 Å². The summed E-state index contributed by atoms with van der Waals surface area (Å²) in [5, 5.41) is 32.2. The molecular weight excluding hydrogens is 348 g/mol. The molecule has 0 unspecified atom stereocenters. The maximum Gasteiger partial charge on any atom is 0.322 e. The van der Waals surface area contributed by atoms with Crippen molar-refractivity contribution in [2.45, 2.75) is 122 Å². The van der Waals surface area contributed by atoms with Gasteiger partial charge in [-0.1, -0.05) is 0 Å². The third kappa shape index (κ3) is 6.12. The molecule has 2 aliphatic heterocycles. The van der Waals surface area contributed by atoms with Crippen molar-refractivity contribution in [1.29, 1.82) is 0 Å². The maximum absolute atomic E-state index is 11.0. The molecule has 2 fully saturated rings. The standard InChI is InChI=1S/C11H21NO3.C9H19NO2/c1-8(13)15-12-10(2,3)6-9(14)7-11(12,4)5;1-8(2)5-7(11)6-9(3,4)10(8)12/h9,14H,6-7H2,1-5H3;7,11-12H,5-6H2,1-4H3. The van der Waals surface area contributed by atoms with E-state index >= 15 is 0 Å². The quantitative estimate of drug-likeness (QED) is 0.636. The minimum atomic E-state index is -0.332. The van der Waals surface area contributed by atoms with E-state index in [-0.39, 0.29) is 40.3 Å². The van der Waals surface area contributed by atoms with Crippen molar-refractivity contribution in [3.8, 4) is 0 Å². The van der Waals surface area contributed by atoms with Gasteiger partial charge >= 0.3 is 5.97 Å². The number of carbonyl (C=O) groups is 1. The number of nitrogens with zero attached hydrogens (tertiary/aromatic N) is 2. The monoisotopic (exact) mass is 388 g/mol. The summed E-state index contributed by atoms with van der Waals surface area (Å²) in [4.78, 5) is 16.3. The molecule has 0 radical (unpaired) electrons. The fourth-order valence-corrected chi connectivity index (χ4v) is 4.80. The van der Waals surface area contributed by atoms with Gasteiger partial charge in [0.1, 0.15) is 0 Å². The second-order valence-electron chi connectivity index (χ2n) is 10.6. The van der Waals surface area contributed by atoms with E-state index in [0.717, 1.165) is 0 Å². The lowest BCUT2D eigenvalue weighted by Crippen LogP contribution is -2.61. The van der Waals surface area contributed by atoms with Gasteiger partial charge in [-0.3, -0.25) is 4.79 Å². The molecule has 27 heavy (non-hydrogen) atoms. The third-order valence-electron chi connectivity index (χ3n) is 5.41. The minimum Gasteiger partial charge on any atom is -0.393 e. The van der Waals surface area contributed by atoms with E-state index in [1.54, 1.807) is 5.06 Å². The van der Waals surface area contributed by atoms with Crippen LogP contribution in [-0.2, 0) is 9.63 Å². The fraction of sp³-hybridized carbons (Fsp3) is 0.950. The van der Waals surface area contributed by atoms with Gasteiger partial charge < -0.3 is 20.3 Å². The average molecular weight is 389 g/mol. The Balaban J connectivity index is 0.000000277. The normalized spacial score (nSPS) is 28.1. The Hall–Kier alpha value is -0.730. The van der Waals surface area contributed by atoms with Gasteiger partial charge in [0.2, 0.25) is 0 Å². The highest BCUT2D eigenvalue weighted by atomic mass is 16.7. The second kappa shape index (κ2) is 7.95. The first-order valence-corrected chi connectivity index (χ1v) is 9.75. The number of carbonyl (C=O) groups excluding carboxylic acids is 1. The molecular formula is C20H40N2O5. The summed E-state index contributed by atoms with van der Waals surface area (Å²) in [7, 11) is 0. The van der Waals surface area contributed by atoms with Crippen molar-refractivity contribution >= 4 is 5.97 Å². The van der Waals surface area contributed by atoms with Crippen molar-refractivity contribution in [1.82, 2.24) is 10.1 Å². The summed E-state index contributed by atoms with van der Waals surface area (Å²) in [6.45, 7) is 17.1. The molecule has 0 aromatic carbocycles. The van der Waals surface area contributed by atoms with Gasteiger partial charge in [-0.15, -0.1) is 5.06 Å². The smallest absolute Gasteiger partial charge is 0.322 e. The van der Waals surface area contributed by atoms with Crippen LogP contribution in [0.5, 0.6) is 0 Å². The number of rotatable bonds is 1. The van der Waals surface area contributed by atoms with Crippen LogP contribution in [0.2, 0.25) is 0 Å². The van der Waals surface area contributed by atoms with Crippen molar-refractivity contribution < 1.29 is 25.1 Å². The average Bonchev–Trinajstić information content (AvgIpc) is 2.38. The molecule has 0 aromatic heterocycles. The number of hydrogen-bond donors (Lipinski definition) is 3. The molecule has 0 spiro atoms. The Morgan fingerprint density at radius 1 is 0.778 bits per heavy atom. The Labute approximate surface area is 164 Å². The summed E-state index contributed by atoms with van der Waals surface area (Å²) >= 11 is 0. The fourth-order valence-electron chi connectivity index (χ4n) is 4.80. The molecule has 0 amide bonds. The van der Waals surface area contributed by atoms with Gasteiger partial charge in [0.25, 0.3) is 0 Å². The Kier molecular flexibility index (Phi) is 7.16. The molecule has 0 aromatic rings. The molecule has 2 saturated heterocycles. The molecule has 0 aliphatic carbocycles. The number of piperidine rings is 2. The zero-order chi connectivity index (χ0) is 21.4. The van der Waals surface area contributed by atoms with Crippen molar-refractivity contribution in [3.63, 3.8) is 0 Å². The number of hydroxylamine groups is 4. The molecule has 2 rings (SSSR count). The van der Waals surface area contributed by atoms with Crippen molar-refractivity contribution in [2.75, 3.05) is 0 Å².